The summed E-state index contributed by atoms with van der Waals surface area (Å²) in [6.45, 7) is 2.23. The molecule has 0 amide bonds. The third kappa shape index (κ3) is 3.40. The fourth-order valence-electron chi connectivity index (χ4n) is 1.39. The van der Waals surface area contributed by atoms with E-state index in [0.29, 0.717) is 16.7 Å². The van der Waals surface area contributed by atoms with Crippen molar-refractivity contribution in [3.63, 3.8) is 0 Å². The maximum absolute atomic E-state index is 12.0. The first kappa shape index (κ1) is 14.2. The van der Waals surface area contributed by atoms with E-state index >= 15 is 0 Å². The number of para-hydroxylation sites is 2. The number of benzene rings is 1. The molecule has 0 atom stereocenters. The molecule has 7 heteroatoms. The van der Waals surface area contributed by atoms with E-state index in [9.17, 15) is 8.42 Å². The Hall–Kier alpha value is -1.24. The number of hydrogen-bond acceptors (Lipinski definition) is 5. The molecule has 0 spiro atoms. The van der Waals surface area contributed by atoms with Gasteiger partial charge in [0.05, 0.1) is 10.9 Å². The lowest BCUT2D eigenvalue weighted by Gasteiger charge is -2.10. The van der Waals surface area contributed by atoms with Gasteiger partial charge in [0.25, 0.3) is 0 Å². The van der Waals surface area contributed by atoms with Crippen molar-refractivity contribution < 1.29 is 17.3 Å². The molecule has 0 N–H and O–H groups in total. The quantitative estimate of drug-likeness (QED) is 0.791. The molecule has 0 aliphatic carbocycles. The zero-order valence-corrected chi connectivity index (χ0v) is 12.4. The minimum Gasteiger partial charge on any atom is -0.490 e. The summed E-state index contributed by atoms with van der Waals surface area (Å²) in [4.78, 5) is 0. The van der Waals surface area contributed by atoms with Crippen molar-refractivity contribution in [3.05, 3.63) is 40.7 Å². The Kier molecular flexibility index (Phi) is 4.34. The molecular formula is C12H11ClO4S2. The molecule has 102 valence electrons. The molecule has 2 aromatic rings. The monoisotopic (exact) mass is 318 g/mol. The first-order valence-corrected chi connectivity index (χ1v) is 8.05. The Balaban J connectivity index is 2.30. The lowest BCUT2D eigenvalue weighted by Crippen LogP contribution is -2.09. The van der Waals surface area contributed by atoms with E-state index in [1.54, 1.807) is 18.2 Å². The zero-order chi connectivity index (χ0) is 13.9. The van der Waals surface area contributed by atoms with Crippen LogP contribution in [-0.4, -0.2) is 15.0 Å². The van der Waals surface area contributed by atoms with E-state index in [1.165, 1.54) is 18.2 Å². The number of rotatable bonds is 5. The van der Waals surface area contributed by atoms with Gasteiger partial charge in [-0.05, 0) is 31.2 Å². The molecule has 1 aromatic carbocycles. The maximum Gasteiger partial charge on any atom is 0.348 e. The first-order valence-electron chi connectivity index (χ1n) is 5.44. The number of halogens is 1. The molecule has 19 heavy (non-hydrogen) atoms. The molecule has 0 saturated carbocycles. The van der Waals surface area contributed by atoms with Crippen LogP contribution in [0.15, 0.2) is 40.6 Å². The minimum atomic E-state index is -3.88. The van der Waals surface area contributed by atoms with Crippen LogP contribution < -0.4 is 8.92 Å². The molecule has 0 bridgehead atoms. The molecular weight excluding hydrogens is 308 g/mol. The second-order valence-corrected chi connectivity index (χ2v) is 6.96. The van der Waals surface area contributed by atoms with Gasteiger partial charge in [0.2, 0.25) is 0 Å². The Labute approximate surface area is 120 Å². The van der Waals surface area contributed by atoms with Gasteiger partial charge in [0.1, 0.15) is 0 Å². The summed E-state index contributed by atoms with van der Waals surface area (Å²) in [5, 5.41) is 0. The standard InChI is InChI=1S/C12H11ClO4S2/c1-2-16-9-5-3-4-6-10(9)17-19(14,15)12-8-7-11(13)18-12/h3-8H,2H2,1H3. The normalized spacial score (nSPS) is 11.3. The van der Waals surface area contributed by atoms with E-state index in [0.717, 1.165) is 11.3 Å². The molecule has 4 nitrogen and oxygen atoms in total. The van der Waals surface area contributed by atoms with Crippen LogP contribution in [0.25, 0.3) is 0 Å². The van der Waals surface area contributed by atoms with Crippen molar-refractivity contribution in [1.82, 2.24) is 0 Å². The van der Waals surface area contributed by atoms with Crippen LogP contribution in [0.3, 0.4) is 0 Å². The van der Waals surface area contributed by atoms with Gasteiger partial charge >= 0.3 is 10.1 Å². The largest absolute Gasteiger partial charge is 0.490 e. The average molecular weight is 319 g/mol. The SMILES string of the molecule is CCOc1ccccc1OS(=O)(=O)c1ccc(Cl)s1. The van der Waals surface area contributed by atoms with Crippen LogP contribution in [0.5, 0.6) is 11.5 Å². The molecule has 0 aliphatic heterocycles. The van der Waals surface area contributed by atoms with Crippen molar-refractivity contribution in [1.29, 1.82) is 0 Å². The smallest absolute Gasteiger partial charge is 0.348 e. The highest BCUT2D eigenvalue weighted by molar-refractivity contribution is 7.89. The summed E-state index contributed by atoms with van der Waals surface area (Å²) in [6.07, 6.45) is 0. The molecule has 2 rings (SSSR count). The van der Waals surface area contributed by atoms with Crippen LogP contribution in [0, 0.1) is 0 Å². The van der Waals surface area contributed by atoms with E-state index in [2.05, 4.69) is 0 Å². The number of thiophene rings is 1. The third-order valence-electron chi connectivity index (χ3n) is 2.14. The van der Waals surface area contributed by atoms with Gasteiger partial charge in [-0.15, -0.1) is 11.3 Å². The topological polar surface area (TPSA) is 52.6 Å². The van der Waals surface area contributed by atoms with Crippen LogP contribution in [0.4, 0.5) is 0 Å². The predicted octanol–water partition coefficient (Wildman–Crippen LogP) is 3.57. The number of ether oxygens (including phenoxy) is 1. The molecule has 0 saturated heterocycles. The van der Waals surface area contributed by atoms with Crippen molar-refractivity contribution in [2.75, 3.05) is 6.61 Å². The maximum atomic E-state index is 12.0. The van der Waals surface area contributed by atoms with Crippen LogP contribution in [0.1, 0.15) is 6.92 Å². The summed E-state index contributed by atoms with van der Waals surface area (Å²) in [6, 6.07) is 9.53. The summed E-state index contributed by atoms with van der Waals surface area (Å²) >= 11 is 6.67. The van der Waals surface area contributed by atoms with E-state index in [-0.39, 0.29) is 9.96 Å². The Morgan fingerprint density at radius 3 is 2.42 bits per heavy atom. The summed E-state index contributed by atoms with van der Waals surface area (Å²) in [7, 11) is -3.88. The third-order valence-corrected chi connectivity index (χ3v) is 5.06. The summed E-state index contributed by atoms with van der Waals surface area (Å²) in [5.41, 5.74) is 0. The fourth-order valence-corrected chi connectivity index (χ4v) is 3.77. The van der Waals surface area contributed by atoms with Gasteiger partial charge in [0.15, 0.2) is 15.7 Å². The van der Waals surface area contributed by atoms with Gasteiger partial charge in [-0.25, -0.2) is 0 Å². The number of hydrogen-bond donors (Lipinski definition) is 0. The zero-order valence-electron chi connectivity index (χ0n) is 10.00. The van der Waals surface area contributed by atoms with Gasteiger partial charge in [-0.1, -0.05) is 23.7 Å². The van der Waals surface area contributed by atoms with Crippen LogP contribution >= 0.6 is 22.9 Å². The minimum absolute atomic E-state index is 0.0591. The Morgan fingerprint density at radius 2 is 1.84 bits per heavy atom. The first-order chi connectivity index (χ1) is 9.03. The van der Waals surface area contributed by atoms with Gasteiger partial charge in [-0.3, -0.25) is 0 Å². The highest BCUT2D eigenvalue weighted by Crippen LogP contribution is 2.32. The Morgan fingerprint density at radius 1 is 1.16 bits per heavy atom. The van der Waals surface area contributed by atoms with E-state index in [4.69, 9.17) is 20.5 Å². The van der Waals surface area contributed by atoms with Gasteiger partial charge in [0, 0.05) is 0 Å². The highest BCUT2D eigenvalue weighted by atomic mass is 35.5. The van der Waals surface area contributed by atoms with Crippen molar-refractivity contribution in [2.45, 2.75) is 11.1 Å². The predicted molar refractivity (Wildman–Crippen MR) is 74.8 cm³/mol. The Bertz CT molecular complexity index is 664. The second-order valence-electron chi connectivity index (χ2n) is 3.48. The van der Waals surface area contributed by atoms with E-state index < -0.39 is 10.1 Å². The molecule has 1 aromatic heterocycles. The molecule has 0 fully saturated rings. The van der Waals surface area contributed by atoms with E-state index in [1.807, 2.05) is 6.92 Å². The molecule has 0 aliphatic rings. The van der Waals surface area contributed by atoms with Crippen molar-refractivity contribution >= 4 is 33.1 Å². The van der Waals surface area contributed by atoms with Crippen LogP contribution in [0.2, 0.25) is 4.34 Å². The average Bonchev–Trinajstić information content (AvgIpc) is 2.79. The lowest BCUT2D eigenvalue weighted by atomic mass is 10.3. The van der Waals surface area contributed by atoms with Gasteiger partial charge < -0.3 is 8.92 Å². The highest BCUT2D eigenvalue weighted by Gasteiger charge is 2.21. The molecule has 0 radical (unpaired) electrons. The van der Waals surface area contributed by atoms with Crippen molar-refractivity contribution in [3.8, 4) is 11.5 Å². The van der Waals surface area contributed by atoms with Crippen LogP contribution in [-0.2, 0) is 10.1 Å². The van der Waals surface area contributed by atoms with Crippen molar-refractivity contribution in [2.24, 2.45) is 0 Å². The molecule has 1 heterocycles. The second kappa shape index (κ2) is 5.81. The van der Waals surface area contributed by atoms with Gasteiger partial charge in [-0.2, -0.15) is 8.42 Å². The molecule has 0 unspecified atom stereocenters. The lowest BCUT2D eigenvalue weighted by molar-refractivity contribution is 0.327. The summed E-state index contributed by atoms with van der Waals surface area (Å²) in [5.74, 6) is 0.546. The fraction of sp³-hybridized carbons (Fsp3) is 0.167. The summed E-state index contributed by atoms with van der Waals surface area (Å²) < 4.78 is 34.9.